The zero-order valence-corrected chi connectivity index (χ0v) is 12.0. The van der Waals surface area contributed by atoms with Crippen molar-refractivity contribution in [3.05, 3.63) is 0 Å². The smallest absolute Gasteiger partial charge is 0.223 e. The standard InChI is InChI=1S/C12H25N3O.ClH/c1-10-5-4-7-15(11(10)9-13)8-6-12(16)14(2)3;/h10-11H,4-9,13H2,1-3H3;1H. The molecule has 2 atom stereocenters. The largest absolute Gasteiger partial charge is 0.349 e. The van der Waals surface area contributed by atoms with E-state index in [2.05, 4.69) is 11.8 Å². The molecular weight excluding hydrogens is 238 g/mol. The Balaban J connectivity index is 0.00000256. The number of rotatable bonds is 4. The maximum Gasteiger partial charge on any atom is 0.223 e. The summed E-state index contributed by atoms with van der Waals surface area (Å²) in [7, 11) is 3.61. The van der Waals surface area contributed by atoms with Gasteiger partial charge in [-0.25, -0.2) is 0 Å². The minimum Gasteiger partial charge on any atom is -0.349 e. The third-order valence-corrected chi connectivity index (χ3v) is 3.58. The van der Waals surface area contributed by atoms with Crippen molar-refractivity contribution in [3.8, 4) is 0 Å². The molecule has 2 unspecified atom stereocenters. The summed E-state index contributed by atoms with van der Waals surface area (Å²) in [5, 5.41) is 0. The van der Waals surface area contributed by atoms with E-state index in [-0.39, 0.29) is 18.3 Å². The van der Waals surface area contributed by atoms with Crippen molar-refractivity contribution in [2.45, 2.75) is 32.2 Å². The second kappa shape index (κ2) is 7.90. The minimum absolute atomic E-state index is 0. The second-order valence-electron chi connectivity index (χ2n) is 5.00. The number of hydrogen-bond donors (Lipinski definition) is 1. The van der Waals surface area contributed by atoms with Crippen molar-refractivity contribution in [1.29, 1.82) is 0 Å². The molecule has 0 aliphatic carbocycles. The zero-order chi connectivity index (χ0) is 12.1. The monoisotopic (exact) mass is 263 g/mol. The second-order valence-corrected chi connectivity index (χ2v) is 5.00. The van der Waals surface area contributed by atoms with Crippen LogP contribution in [0.15, 0.2) is 0 Å². The van der Waals surface area contributed by atoms with E-state index in [1.807, 2.05) is 14.1 Å². The molecule has 1 amide bonds. The number of carbonyl (C=O) groups is 1. The highest BCUT2D eigenvalue weighted by Crippen LogP contribution is 2.22. The average molecular weight is 264 g/mol. The molecular formula is C12H26ClN3O. The molecule has 17 heavy (non-hydrogen) atoms. The molecule has 0 aromatic heterocycles. The normalized spacial score (nSPS) is 25.2. The van der Waals surface area contributed by atoms with Gasteiger partial charge in [0.05, 0.1) is 0 Å². The van der Waals surface area contributed by atoms with Crippen LogP contribution in [0.4, 0.5) is 0 Å². The van der Waals surface area contributed by atoms with Gasteiger partial charge in [0, 0.05) is 39.6 Å². The van der Waals surface area contributed by atoms with Gasteiger partial charge in [-0.1, -0.05) is 6.92 Å². The van der Waals surface area contributed by atoms with Crippen LogP contribution in [0.2, 0.25) is 0 Å². The summed E-state index contributed by atoms with van der Waals surface area (Å²) in [4.78, 5) is 15.6. The molecule has 1 heterocycles. The molecule has 1 rings (SSSR count). The van der Waals surface area contributed by atoms with Crippen LogP contribution in [0.1, 0.15) is 26.2 Å². The van der Waals surface area contributed by atoms with Crippen LogP contribution < -0.4 is 5.73 Å². The van der Waals surface area contributed by atoms with Gasteiger partial charge in [0.1, 0.15) is 0 Å². The van der Waals surface area contributed by atoms with Gasteiger partial charge in [-0.2, -0.15) is 0 Å². The molecule has 0 saturated carbocycles. The van der Waals surface area contributed by atoms with Crippen LogP contribution in [0.5, 0.6) is 0 Å². The lowest BCUT2D eigenvalue weighted by Gasteiger charge is -2.39. The number of amides is 1. The summed E-state index contributed by atoms with van der Waals surface area (Å²) < 4.78 is 0. The maximum absolute atomic E-state index is 11.5. The third-order valence-electron chi connectivity index (χ3n) is 3.58. The number of halogens is 1. The van der Waals surface area contributed by atoms with Gasteiger partial charge in [0.15, 0.2) is 0 Å². The van der Waals surface area contributed by atoms with Gasteiger partial charge in [0.2, 0.25) is 5.91 Å². The average Bonchev–Trinajstić information content (AvgIpc) is 2.25. The molecule has 1 aliphatic heterocycles. The summed E-state index contributed by atoms with van der Waals surface area (Å²) in [6, 6.07) is 0.462. The van der Waals surface area contributed by atoms with E-state index < -0.39 is 0 Å². The molecule has 4 nitrogen and oxygen atoms in total. The first-order valence-electron chi connectivity index (χ1n) is 6.20. The first-order chi connectivity index (χ1) is 7.56. The van der Waals surface area contributed by atoms with Crippen molar-refractivity contribution in [2.75, 3.05) is 33.7 Å². The fraction of sp³-hybridized carbons (Fsp3) is 0.917. The third kappa shape index (κ3) is 4.82. The van der Waals surface area contributed by atoms with Crippen LogP contribution in [-0.4, -0.2) is 55.5 Å². The highest BCUT2D eigenvalue weighted by atomic mass is 35.5. The fourth-order valence-electron chi connectivity index (χ4n) is 2.46. The Morgan fingerprint density at radius 3 is 2.65 bits per heavy atom. The lowest BCUT2D eigenvalue weighted by molar-refractivity contribution is -0.129. The number of nitrogens with two attached hydrogens (primary N) is 1. The summed E-state index contributed by atoms with van der Waals surface area (Å²) in [5.41, 5.74) is 5.81. The highest BCUT2D eigenvalue weighted by Gasteiger charge is 2.27. The topological polar surface area (TPSA) is 49.6 Å². The summed E-state index contributed by atoms with van der Waals surface area (Å²) in [5.74, 6) is 0.863. The summed E-state index contributed by atoms with van der Waals surface area (Å²) >= 11 is 0. The molecule has 0 aromatic rings. The molecule has 1 aliphatic rings. The molecule has 0 aromatic carbocycles. The van der Waals surface area contributed by atoms with Gasteiger partial charge >= 0.3 is 0 Å². The minimum atomic E-state index is 0. The van der Waals surface area contributed by atoms with E-state index in [0.717, 1.165) is 13.1 Å². The molecule has 102 valence electrons. The Bertz CT molecular complexity index is 236. The van der Waals surface area contributed by atoms with Crippen molar-refractivity contribution < 1.29 is 4.79 Å². The highest BCUT2D eigenvalue weighted by molar-refractivity contribution is 5.85. The Kier molecular flexibility index (Phi) is 7.75. The Hall–Kier alpha value is -0.320. The summed E-state index contributed by atoms with van der Waals surface area (Å²) in [6.07, 6.45) is 3.10. The van der Waals surface area contributed by atoms with E-state index >= 15 is 0 Å². The molecule has 2 N–H and O–H groups in total. The lowest BCUT2D eigenvalue weighted by Crippen LogP contribution is -2.49. The zero-order valence-electron chi connectivity index (χ0n) is 11.2. The number of hydrogen-bond acceptors (Lipinski definition) is 3. The number of likely N-dealkylation sites (tertiary alicyclic amines) is 1. The molecule has 5 heteroatoms. The van der Waals surface area contributed by atoms with Gasteiger partial charge in [-0.3, -0.25) is 9.69 Å². The Morgan fingerprint density at radius 1 is 1.47 bits per heavy atom. The summed E-state index contributed by atoms with van der Waals surface area (Å²) in [6.45, 7) is 4.91. The van der Waals surface area contributed by atoms with E-state index in [4.69, 9.17) is 5.73 Å². The fourth-order valence-corrected chi connectivity index (χ4v) is 2.46. The van der Waals surface area contributed by atoms with E-state index in [1.54, 1.807) is 4.90 Å². The molecule has 1 saturated heterocycles. The van der Waals surface area contributed by atoms with Crippen molar-refractivity contribution in [2.24, 2.45) is 11.7 Å². The van der Waals surface area contributed by atoms with Gasteiger partial charge in [-0.05, 0) is 25.3 Å². The first-order valence-corrected chi connectivity index (χ1v) is 6.20. The van der Waals surface area contributed by atoms with Crippen LogP contribution in [0.3, 0.4) is 0 Å². The molecule has 0 radical (unpaired) electrons. The number of carbonyl (C=O) groups excluding carboxylic acids is 1. The van der Waals surface area contributed by atoms with Gasteiger partial charge < -0.3 is 10.6 Å². The molecule has 0 bridgehead atoms. The number of nitrogens with zero attached hydrogens (tertiary/aromatic N) is 2. The molecule has 0 spiro atoms. The maximum atomic E-state index is 11.5. The predicted octanol–water partition coefficient (Wildman–Crippen LogP) is 0.946. The predicted molar refractivity (Wildman–Crippen MR) is 73.4 cm³/mol. The lowest BCUT2D eigenvalue weighted by atomic mass is 9.90. The SMILES string of the molecule is CC1CCCN(CCC(=O)N(C)C)C1CN.Cl. The Morgan fingerprint density at radius 2 is 2.12 bits per heavy atom. The first kappa shape index (κ1) is 16.7. The van der Waals surface area contributed by atoms with Crippen molar-refractivity contribution >= 4 is 18.3 Å². The van der Waals surface area contributed by atoms with Crippen LogP contribution in [0.25, 0.3) is 0 Å². The van der Waals surface area contributed by atoms with E-state index in [0.29, 0.717) is 24.9 Å². The number of piperidine rings is 1. The van der Waals surface area contributed by atoms with Crippen molar-refractivity contribution in [1.82, 2.24) is 9.80 Å². The van der Waals surface area contributed by atoms with Crippen LogP contribution >= 0.6 is 12.4 Å². The van der Waals surface area contributed by atoms with Crippen LogP contribution in [0, 0.1) is 5.92 Å². The van der Waals surface area contributed by atoms with E-state index in [9.17, 15) is 4.79 Å². The van der Waals surface area contributed by atoms with E-state index in [1.165, 1.54) is 12.8 Å². The van der Waals surface area contributed by atoms with Crippen molar-refractivity contribution in [3.63, 3.8) is 0 Å². The quantitative estimate of drug-likeness (QED) is 0.822. The Labute approximate surface area is 111 Å². The van der Waals surface area contributed by atoms with Gasteiger partial charge in [0.25, 0.3) is 0 Å². The van der Waals surface area contributed by atoms with Crippen LogP contribution in [-0.2, 0) is 4.79 Å². The van der Waals surface area contributed by atoms with Gasteiger partial charge in [-0.15, -0.1) is 12.4 Å². The molecule has 1 fully saturated rings.